The molecule has 3 nitrogen and oxygen atoms in total. The van der Waals surface area contributed by atoms with Crippen LogP contribution in [0.2, 0.25) is 0 Å². The molecular weight excluding hydrogens is 198 g/mol. The van der Waals surface area contributed by atoms with E-state index in [1.54, 1.807) is 6.20 Å². The molecule has 0 unspecified atom stereocenters. The molecule has 0 amide bonds. The van der Waals surface area contributed by atoms with Crippen molar-refractivity contribution in [1.29, 1.82) is 5.26 Å². The van der Waals surface area contributed by atoms with Gasteiger partial charge in [0.25, 0.3) is 0 Å². The number of pyridine rings is 1. The Morgan fingerprint density at radius 3 is 2.88 bits per heavy atom. The largest absolute Gasteiger partial charge is 0.369 e. The molecule has 1 saturated carbocycles. The van der Waals surface area contributed by atoms with Crippen LogP contribution in [0.4, 0.5) is 5.69 Å². The van der Waals surface area contributed by atoms with Crippen molar-refractivity contribution in [2.24, 2.45) is 0 Å². The lowest BCUT2D eigenvalue weighted by atomic mass is 10.2. The van der Waals surface area contributed by atoms with Gasteiger partial charge in [0.2, 0.25) is 0 Å². The van der Waals surface area contributed by atoms with Crippen LogP contribution in [0.3, 0.4) is 0 Å². The lowest BCUT2D eigenvalue weighted by Gasteiger charge is -2.29. The van der Waals surface area contributed by atoms with Gasteiger partial charge in [0.15, 0.2) is 0 Å². The van der Waals surface area contributed by atoms with Crippen molar-refractivity contribution in [3.05, 3.63) is 24.0 Å². The van der Waals surface area contributed by atoms with Gasteiger partial charge in [0, 0.05) is 24.5 Å². The summed E-state index contributed by atoms with van der Waals surface area (Å²) in [7, 11) is 0. The summed E-state index contributed by atoms with van der Waals surface area (Å²) < 4.78 is 0. The predicted molar refractivity (Wildman–Crippen MR) is 64.2 cm³/mol. The third-order valence-corrected chi connectivity index (χ3v) is 3.30. The maximum absolute atomic E-state index is 8.85. The highest BCUT2D eigenvalue weighted by Crippen LogP contribution is 2.27. The van der Waals surface area contributed by atoms with E-state index in [4.69, 9.17) is 5.26 Å². The van der Waals surface area contributed by atoms with Crippen LogP contribution >= 0.6 is 0 Å². The highest BCUT2D eigenvalue weighted by molar-refractivity contribution is 5.49. The molecule has 2 rings (SSSR count). The summed E-state index contributed by atoms with van der Waals surface area (Å²) in [5.74, 6) is 0. The smallest absolute Gasteiger partial charge is 0.142 e. The zero-order chi connectivity index (χ0) is 11.4. The number of hydrogen-bond acceptors (Lipinski definition) is 3. The minimum atomic E-state index is 0.508. The van der Waals surface area contributed by atoms with Crippen LogP contribution in [0.25, 0.3) is 0 Å². The van der Waals surface area contributed by atoms with Crippen molar-refractivity contribution in [3.8, 4) is 6.07 Å². The molecule has 0 radical (unpaired) electrons. The second kappa shape index (κ2) is 4.98. The molecule has 1 aromatic heterocycles. The Balaban J connectivity index is 2.22. The number of nitriles is 1. The minimum absolute atomic E-state index is 0.508. The third kappa shape index (κ3) is 2.16. The van der Waals surface area contributed by atoms with E-state index < -0.39 is 0 Å². The van der Waals surface area contributed by atoms with E-state index in [-0.39, 0.29) is 0 Å². The summed E-state index contributed by atoms with van der Waals surface area (Å²) in [6.07, 6.45) is 6.94. The van der Waals surface area contributed by atoms with Crippen molar-refractivity contribution in [2.75, 3.05) is 11.4 Å². The average molecular weight is 215 g/mol. The van der Waals surface area contributed by atoms with Crippen LogP contribution in [-0.2, 0) is 0 Å². The van der Waals surface area contributed by atoms with Crippen molar-refractivity contribution >= 4 is 5.69 Å². The predicted octanol–water partition coefficient (Wildman–Crippen LogP) is 2.72. The monoisotopic (exact) mass is 215 g/mol. The van der Waals surface area contributed by atoms with E-state index in [1.807, 2.05) is 12.1 Å². The van der Waals surface area contributed by atoms with Crippen LogP contribution in [-0.4, -0.2) is 17.6 Å². The first-order chi connectivity index (χ1) is 7.85. The minimum Gasteiger partial charge on any atom is -0.369 e. The van der Waals surface area contributed by atoms with Crippen molar-refractivity contribution in [3.63, 3.8) is 0 Å². The van der Waals surface area contributed by atoms with E-state index in [9.17, 15) is 0 Å². The van der Waals surface area contributed by atoms with Gasteiger partial charge in [-0.1, -0.05) is 12.8 Å². The fourth-order valence-electron chi connectivity index (χ4n) is 2.53. The molecule has 0 bridgehead atoms. The van der Waals surface area contributed by atoms with Crippen molar-refractivity contribution in [1.82, 2.24) is 4.98 Å². The molecule has 1 fully saturated rings. The number of aromatic nitrogens is 1. The molecular formula is C13H17N3. The average Bonchev–Trinajstić information content (AvgIpc) is 2.84. The second-order valence-corrected chi connectivity index (χ2v) is 4.24. The van der Waals surface area contributed by atoms with Gasteiger partial charge in [-0.05, 0) is 31.9 Å². The summed E-state index contributed by atoms with van der Waals surface area (Å²) in [5, 5.41) is 8.85. The van der Waals surface area contributed by atoms with E-state index in [0.29, 0.717) is 11.7 Å². The Labute approximate surface area is 96.7 Å². The summed E-state index contributed by atoms with van der Waals surface area (Å²) in [5.41, 5.74) is 1.65. The second-order valence-electron chi connectivity index (χ2n) is 4.24. The first-order valence-electron chi connectivity index (χ1n) is 5.98. The summed E-state index contributed by atoms with van der Waals surface area (Å²) in [6.45, 7) is 3.17. The van der Waals surface area contributed by atoms with Crippen LogP contribution in [0.5, 0.6) is 0 Å². The topological polar surface area (TPSA) is 39.9 Å². The van der Waals surface area contributed by atoms with Crippen LogP contribution in [0.1, 0.15) is 38.3 Å². The van der Waals surface area contributed by atoms with Gasteiger partial charge in [-0.3, -0.25) is 0 Å². The van der Waals surface area contributed by atoms with Gasteiger partial charge in [-0.2, -0.15) is 5.26 Å². The van der Waals surface area contributed by atoms with Gasteiger partial charge in [-0.25, -0.2) is 4.98 Å². The lowest BCUT2D eigenvalue weighted by Crippen LogP contribution is -2.32. The number of hydrogen-bond donors (Lipinski definition) is 0. The molecule has 0 aliphatic heterocycles. The first kappa shape index (κ1) is 10.9. The standard InChI is InChI=1S/C13H17N3/c1-2-16(12-5-3-4-6-12)13-7-8-15-11(9-13)10-14/h7-9,12H,2-6H2,1H3. The van der Waals surface area contributed by atoms with Crippen LogP contribution < -0.4 is 4.90 Å². The highest BCUT2D eigenvalue weighted by atomic mass is 15.2. The summed E-state index contributed by atoms with van der Waals surface area (Å²) in [6, 6.07) is 6.64. The Kier molecular flexibility index (Phi) is 3.40. The number of nitrogens with zero attached hydrogens (tertiary/aromatic N) is 3. The Morgan fingerprint density at radius 1 is 1.50 bits per heavy atom. The summed E-state index contributed by atoms with van der Waals surface area (Å²) in [4.78, 5) is 6.41. The fraction of sp³-hybridized carbons (Fsp3) is 0.538. The van der Waals surface area contributed by atoms with Gasteiger partial charge in [-0.15, -0.1) is 0 Å². The van der Waals surface area contributed by atoms with E-state index in [0.717, 1.165) is 12.2 Å². The number of rotatable bonds is 3. The maximum atomic E-state index is 8.85. The molecule has 0 atom stereocenters. The molecule has 0 N–H and O–H groups in total. The Hall–Kier alpha value is -1.56. The molecule has 1 aliphatic rings. The van der Waals surface area contributed by atoms with E-state index in [2.05, 4.69) is 22.9 Å². The SMILES string of the molecule is CCN(c1ccnc(C#N)c1)C1CCCC1. The fourth-order valence-corrected chi connectivity index (χ4v) is 2.53. The van der Waals surface area contributed by atoms with Gasteiger partial charge in [0.1, 0.15) is 11.8 Å². The molecule has 0 saturated heterocycles. The molecule has 1 aromatic rings. The van der Waals surface area contributed by atoms with Crippen LogP contribution in [0, 0.1) is 11.3 Å². The molecule has 1 heterocycles. The quantitative estimate of drug-likeness (QED) is 0.778. The highest BCUT2D eigenvalue weighted by Gasteiger charge is 2.21. The molecule has 16 heavy (non-hydrogen) atoms. The normalized spacial score (nSPS) is 16.0. The van der Waals surface area contributed by atoms with Gasteiger partial charge in [0.05, 0.1) is 0 Å². The van der Waals surface area contributed by atoms with Gasteiger partial charge < -0.3 is 4.90 Å². The van der Waals surface area contributed by atoms with E-state index >= 15 is 0 Å². The first-order valence-corrected chi connectivity index (χ1v) is 5.98. The van der Waals surface area contributed by atoms with Gasteiger partial charge >= 0.3 is 0 Å². The van der Waals surface area contributed by atoms with Crippen molar-refractivity contribution in [2.45, 2.75) is 38.6 Å². The third-order valence-electron chi connectivity index (χ3n) is 3.30. The summed E-state index contributed by atoms with van der Waals surface area (Å²) >= 11 is 0. The van der Waals surface area contributed by atoms with Crippen molar-refractivity contribution < 1.29 is 0 Å². The van der Waals surface area contributed by atoms with E-state index in [1.165, 1.54) is 25.7 Å². The number of anilines is 1. The zero-order valence-corrected chi connectivity index (χ0v) is 9.69. The molecule has 0 spiro atoms. The van der Waals surface area contributed by atoms with Crippen LogP contribution in [0.15, 0.2) is 18.3 Å². The molecule has 1 aliphatic carbocycles. The Morgan fingerprint density at radius 2 is 2.25 bits per heavy atom. The molecule has 3 heteroatoms. The lowest BCUT2D eigenvalue weighted by molar-refractivity contribution is 0.619. The molecule has 84 valence electrons. The zero-order valence-electron chi connectivity index (χ0n) is 9.69. The molecule has 0 aromatic carbocycles. The maximum Gasteiger partial charge on any atom is 0.142 e. The Bertz CT molecular complexity index is 388.